The molecule has 2 aromatic rings. The highest BCUT2D eigenvalue weighted by Gasteiger charge is 2.38. The minimum atomic E-state index is -5.08. The molecule has 1 unspecified atom stereocenters. The molecular weight excluding hydrogens is 441 g/mol. The van der Waals surface area contributed by atoms with Crippen LogP contribution in [0.5, 0.6) is 5.75 Å². The average molecular weight is 465 g/mol. The highest BCUT2D eigenvalue weighted by atomic mass is 35.5. The summed E-state index contributed by atoms with van der Waals surface area (Å²) in [6.07, 6.45) is -4.13. The maximum Gasteiger partial charge on any atom is 0.490 e. The number of carbonyl (C=O) groups is 1. The number of aliphatic carboxylic acids is 1. The van der Waals surface area contributed by atoms with Gasteiger partial charge in [-0.1, -0.05) is 16.8 Å². The molecule has 1 aromatic carbocycles. The van der Waals surface area contributed by atoms with Crippen molar-refractivity contribution in [1.29, 1.82) is 0 Å². The molecule has 0 radical (unpaired) electrons. The number of hydrogen-bond donors (Lipinski definition) is 1. The molecule has 1 aliphatic rings. The molecule has 0 fully saturated rings. The molecule has 0 bridgehead atoms. The predicted molar refractivity (Wildman–Crippen MR) is 106 cm³/mol. The first-order chi connectivity index (χ1) is 14.7. The molecule has 0 saturated heterocycles. The summed E-state index contributed by atoms with van der Waals surface area (Å²) >= 11 is 5.89. The molecule has 172 valence electrons. The molecule has 8 nitrogen and oxygen atoms in total. The Labute approximate surface area is 182 Å². The van der Waals surface area contributed by atoms with Gasteiger partial charge in [-0.05, 0) is 31.2 Å². The number of rotatable bonds is 7. The van der Waals surface area contributed by atoms with Gasteiger partial charge < -0.3 is 14.6 Å². The van der Waals surface area contributed by atoms with Crippen molar-refractivity contribution < 1.29 is 32.5 Å². The van der Waals surface area contributed by atoms with Crippen molar-refractivity contribution in [1.82, 2.24) is 19.9 Å². The number of hydrogen-bond acceptors (Lipinski definition) is 6. The van der Waals surface area contributed by atoms with E-state index in [1.807, 2.05) is 28.9 Å². The Morgan fingerprint density at radius 3 is 2.52 bits per heavy atom. The van der Waals surface area contributed by atoms with E-state index in [0.29, 0.717) is 18.2 Å². The number of aryl methyl sites for hydroxylation is 1. The molecule has 1 aromatic heterocycles. The summed E-state index contributed by atoms with van der Waals surface area (Å²) in [5.74, 6) is -1.93. The van der Waals surface area contributed by atoms with E-state index in [4.69, 9.17) is 31.0 Å². The SMILES string of the molecule is CCn1nnc2c1CCN(CCOc1ccc(Cl)cc1)C2COC.O=C(O)C(F)(F)F. The van der Waals surface area contributed by atoms with E-state index >= 15 is 0 Å². The first-order valence-corrected chi connectivity index (χ1v) is 9.88. The van der Waals surface area contributed by atoms with Crippen molar-refractivity contribution in [3.63, 3.8) is 0 Å². The third-order valence-corrected chi connectivity index (χ3v) is 4.84. The monoisotopic (exact) mass is 464 g/mol. The normalized spacial score (nSPS) is 16.3. The maximum absolute atomic E-state index is 10.6. The van der Waals surface area contributed by atoms with Crippen LogP contribution in [0.15, 0.2) is 24.3 Å². The largest absolute Gasteiger partial charge is 0.492 e. The quantitative estimate of drug-likeness (QED) is 0.673. The van der Waals surface area contributed by atoms with Crippen LogP contribution in [0.4, 0.5) is 13.2 Å². The van der Waals surface area contributed by atoms with Gasteiger partial charge in [-0.3, -0.25) is 4.90 Å². The van der Waals surface area contributed by atoms with Gasteiger partial charge in [0.05, 0.1) is 18.3 Å². The predicted octanol–water partition coefficient (Wildman–Crippen LogP) is 3.21. The Kier molecular flexibility index (Phi) is 9.08. The van der Waals surface area contributed by atoms with Gasteiger partial charge in [-0.25, -0.2) is 9.48 Å². The Balaban J connectivity index is 0.000000423. The molecule has 1 aliphatic heterocycles. The second-order valence-electron chi connectivity index (χ2n) is 6.60. The van der Waals surface area contributed by atoms with Gasteiger partial charge in [0.25, 0.3) is 0 Å². The highest BCUT2D eigenvalue weighted by Crippen LogP contribution is 2.28. The number of carboxylic acids is 1. The minimum Gasteiger partial charge on any atom is -0.492 e. The Morgan fingerprint density at radius 2 is 1.97 bits per heavy atom. The molecule has 12 heteroatoms. The van der Waals surface area contributed by atoms with Crippen molar-refractivity contribution in [2.75, 3.05) is 33.4 Å². The molecular formula is C19H24ClF3N4O4. The van der Waals surface area contributed by atoms with E-state index < -0.39 is 12.1 Å². The fraction of sp³-hybridized carbons (Fsp3) is 0.526. The number of nitrogens with zero attached hydrogens (tertiary/aromatic N) is 4. The average Bonchev–Trinajstić information content (AvgIpc) is 3.14. The van der Waals surface area contributed by atoms with Crippen molar-refractivity contribution >= 4 is 17.6 Å². The van der Waals surface area contributed by atoms with Gasteiger partial charge in [0, 0.05) is 38.2 Å². The Bertz CT molecular complexity index is 846. The third kappa shape index (κ3) is 7.08. The molecule has 0 saturated carbocycles. The topological polar surface area (TPSA) is 89.7 Å². The fourth-order valence-corrected chi connectivity index (χ4v) is 3.24. The summed E-state index contributed by atoms with van der Waals surface area (Å²) in [6, 6.07) is 7.57. The summed E-state index contributed by atoms with van der Waals surface area (Å²) in [5, 5.41) is 16.5. The van der Waals surface area contributed by atoms with Crippen LogP contribution in [-0.2, 0) is 22.5 Å². The van der Waals surface area contributed by atoms with E-state index in [1.165, 1.54) is 5.69 Å². The molecule has 0 amide bonds. The zero-order valence-corrected chi connectivity index (χ0v) is 17.9. The lowest BCUT2D eigenvalue weighted by Gasteiger charge is -2.34. The summed E-state index contributed by atoms with van der Waals surface area (Å²) in [4.78, 5) is 11.3. The number of carboxylic acid groups (broad SMARTS) is 1. The summed E-state index contributed by atoms with van der Waals surface area (Å²) in [6.45, 7) is 5.93. The van der Waals surface area contributed by atoms with Gasteiger partial charge in [0.15, 0.2) is 0 Å². The van der Waals surface area contributed by atoms with E-state index in [0.717, 1.165) is 37.5 Å². The number of benzene rings is 1. The lowest BCUT2D eigenvalue weighted by molar-refractivity contribution is -0.192. The van der Waals surface area contributed by atoms with Gasteiger partial charge in [0.1, 0.15) is 18.1 Å². The van der Waals surface area contributed by atoms with Crippen LogP contribution in [-0.4, -0.2) is 70.6 Å². The molecule has 0 spiro atoms. The molecule has 1 atom stereocenters. The smallest absolute Gasteiger partial charge is 0.490 e. The van der Waals surface area contributed by atoms with Crippen molar-refractivity contribution in [2.45, 2.75) is 32.1 Å². The molecule has 2 heterocycles. The number of aromatic nitrogens is 3. The first-order valence-electron chi connectivity index (χ1n) is 9.51. The van der Waals surface area contributed by atoms with Crippen LogP contribution in [0.2, 0.25) is 5.02 Å². The highest BCUT2D eigenvalue weighted by molar-refractivity contribution is 6.30. The van der Waals surface area contributed by atoms with Gasteiger partial charge in [0.2, 0.25) is 0 Å². The van der Waals surface area contributed by atoms with Gasteiger partial charge >= 0.3 is 12.1 Å². The minimum absolute atomic E-state index is 0.132. The molecule has 0 aliphatic carbocycles. The second kappa shape index (κ2) is 11.3. The van der Waals surface area contributed by atoms with Crippen LogP contribution < -0.4 is 4.74 Å². The molecule has 31 heavy (non-hydrogen) atoms. The summed E-state index contributed by atoms with van der Waals surface area (Å²) in [5.41, 5.74) is 2.27. The van der Waals surface area contributed by atoms with E-state index in [-0.39, 0.29) is 6.04 Å². The number of fused-ring (bicyclic) bond motifs is 1. The van der Waals surface area contributed by atoms with E-state index in [2.05, 4.69) is 22.1 Å². The summed E-state index contributed by atoms with van der Waals surface area (Å²) in [7, 11) is 1.72. The fourth-order valence-electron chi connectivity index (χ4n) is 3.12. The second-order valence-corrected chi connectivity index (χ2v) is 7.04. The standard InChI is InChI=1S/C17H23ClN4O2.C2HF3O2/c1-3-22-15-8-9-21(16(12-23-2)17(15)19-20-22)10-11-24-14-6-4-13(18)5-7-14;3-2(4,5)1(6)7/h4-7,16H,3,8-12H2,1-2H3;(H,6,7). The van der Waals surface area contributed by atoms with Crippen molar-refractivity contribution in [3.8, 4) is 5.75 Å². The van der Waals surface area contributed by atoms with E-state index in [1.54, 1.807) is 7.11 Å². The number of alkyl halides is 3. The Morgan fingerprint density at radius 1 is 1.32 bits per heavy atom. The maximum atomic E-state index is 10.6. The van der Waals surface area contributed by atoms with Crippen LogP contribution in [0.1, 0.15) is 24.4 Å². The number of methoxy groups -OCH3 is 1. The lowest BCUT2D eigenvalue weighted by Crippen LogP contribution is -2.40. The first kappa shape index (κ1) is 24.9. The van der Waals surface area contributed by atoms with Crippen LogP contribution in [0.3, 0.4) is 0 Å². The third-order valence-electron chi connectivity index (χ3n) is 4.59. The van der Waals surface area contributed by atoms with E-state index in [9.17, 15) is 13.2 Å². The zero-order chi connectivity index (χ0) is 23.0. The van der Waals surface area contributed by atoms with Crippen LogP contribution in [0.25, 0.3) is 0 Å². The van der Waals surface area contributed by atoms with Crippen molar-refractivity contribution in [3.05, 3.63) is 40.7 Å². The Hall–Kier alpha value is -2.37. The summed E-state index contributed by atoms with van der Waals surface area (Å²) < 4.78 is 45.0. The molecule has 3 rings (SSSR count). The van der Waals surface area contributed by atoms with Crippen LogP contribution >= 0.6 is 11.6 Å². The lowest BCUT2D eigenvalue weighted by atomic mass is 10.0. The van der Waals surface area contributed by atoms with Gasteiger partial charge in [-0.15, -0.1) is 5.10 Å². The molecule has 1 N–H and O–H groups in total. The number of ether oxygens (including phenoxy) is 2. The van der Waals surface area contributed by atoms with Crippen LogP contribution in [0, 0.1) is 0 Å². The van der Waals surface area contributed by atoms with Crippen molar-refractivity contribution in [2.24, 2.45) is 0 Å². The van der Waals surface area contributed by atoms with Gasteiger partial charge in [-0.2, -0.15) is 13.2 Å². The zero-order valence-electron chi connectivity index (χ0n) is 17.1. The number of halogens is 4.